The smallest absolute Gasteiger partial charge is 0.274 e. The van der Waals surface area contributed by atoms with Crippen molar-refractivity contribution in [1.29, 1.82) is 0 Å². The van der Waals surface area contributed by atoms with Gasteiger partial charge in [0.2, 0.25) is 0 Å². The van der Waals surface area contributed by atoms with Gasteiger partial charge in [-0.05, 0) is 78.4 Å². The minimum Gasteiger partial charge on any atom is -0.321 e. The van der Waals surface area contributed by atoms with E-state index in [-0.39, 0.29) is 11.6 Å². The lowest BCUT2D eigenvalue weighted by atomic mass is 10.0. The molecule has 7 heteroatoms. The minimum atomic E-state index is -0.392. The van der Waals surface area contributed by atoms with Crippen molar-refractivity contribution in [2.45, 2.75) is 0 Å². The van der Waals surface area contributed by atoms with E-state index < -0.39 is 5.91 Å². The fraction of sp³-hybridized carbons (Fsp3) is 0. The van der Waals surface area contributed by atoms with Crippen molar-refractivity contribution >= 4 is 17.1 Å². The van der Waals surface area contributed by atoms with Crippen LogP contribution in [0.25, 0.3) is 27.9 Å². The Balaban J connectivity index is 1.67. The largest absolute Gasteiger partial charge is 0.321 e. The number of amides is 1. The zero-order valence-corrected chi connectivity index (χ0v) is 16.7. The van der Waals surface area contributed by atoms with Crippen LogP contribution >= 0.6 is 0 Å². The Morgan fingerprint density at radius 1 is 0.781 bits per heavy atom. The maximum atomic E-state index is 13.5. The van der Waals surface area contributed by atoms with Crippen molar-refractivity contribution < 1.29 is 13.6 Å². The molecule has 0 saturated carbocycles. The standard InChI is InChI=1S/C25H16F2N4O/c26-18-6-4-17(5-7-18)24-23(16-12-14-28-15-13-16)21-2-1-3-22(31(21)30-24)25(32)29-20-10-8-19(27)9-11-20/h1-15H,(H,29,32). The lowest BCUT2D eigenvalue weighted by Gasteiger charge is -2.07. The minimum absolute atomic E-state index is 0.301. The second kappa shape index (κ2) is 8.03. The molecule has 0 saturated heterocycles. The SMILES string of the molecule is O=C(Nc1ccc(F)cc1)c1cccc2c(-c3ccncc3)c(-c3ccc(F)cc3)nn12. The summed E-state index contributed by atoms with van der Waals surface area (Å²) in [5, 5.41) is 7.49. The summed E-state index contributed by atoms with van der Waals surface area (Å²) in [4.78, 5) is 17.1. The summed E-state index contributed by atoms with van der Waals surface area (Å²) in [5.41, 5.74) is 4.47. The molecule has 0 unspecified atom stereocenters. The Bertz CT molecular complexity index is 1410. The third-order valence-electron chi connectivity index (χ3n) is 5.08. The summed E-state index contributed by atoms with van der Waals surface area (Å²) < 4.78 is 28.3. The first-order valence-corrected chi connectivity index (χ1v) is 9.85. The first-order valence-electron chi connectivity index (χ1n) is 9.85. The van der Waals surface area contributed by atoms with Gasteiger partial charge in [0.25, 0.3) is 5.91 Å². The number of aromatic nitrogens is 3. The molecule has 1 N–H and O–H groups in total. The molecule has 0 aliphatic rings. The number of benzene rings is 2. The third-order valence-corrected chi connectivity index (χ3v) is 5.08. The molecule has 0 spiro atoms. The number of pyridine rings is 2. The van der Waals surface area contributed by atoms with Gasteiger partial charge in [-0.2, -0.15) is 5.10 Å². The molecule has 5 rings (SSSR count). The van der Waals surface area contributed by atoms with Gasteiger partial charge in [-0.1, -0.05) is 6.07 Å². The second-order valence-corrected chi connectivity index (χ2v) is 7.14. The zero-order chi connectivity index (χ0) is 22.1. The van der Waals surface area contributed by atoms with Crippen LogP contribution in [0, 0.1) is 11.6 Å². The number of hydrogen-bond donors (Lipinski definition) is 1. The molecule has 0 bridgehead atoms. The zero-order valence-electron chi connectivity index (χ0n) is 16.7. The second-order valence-electron chi connectivity index (χ2n) is 7.14. The van der Waals surface area contributed by atoms with E-state index in [1.807, 2.05) is 18.2 Å². The van der Waals surface area contributed by atoms with E-state index in [1.165, 1.54) is 36.4 Å². The van der Waals surface area contributed by atoms with Crippen LogP contribution in [0.3, 0.4) is 0 Å². The average molecular weight is 426 g/mol. The molecular formula is C25H16F2N4O. The summed E-state index contributed by atoms with van der Waals surface area (Å²) in [6.45, 7) is 0. The van der Waals surface area contributed by atoms with Gasteiger partial charge in [0.15, 0.2) is 0 Å². The van der Waals surface area contributed by atoms with E-state index in [4.69, 9.17) is 5.10 Å². The van der Waals surface area contributed by atoms with Crippen molar-refractivity contribution in [1.82, 2.24) is 14.6 Å². The number of nitrogens with zero attached hydrogens (tertiary/aromatic N) is 3. The van der Waals surface area contributed by atoms with Gasteiger partial charge in [-0.3, -0.25) is 9.78 Å². The maximum absolute atomic E-state index is 13.5. The summed E-state index contributed by atoms with van der Waals surface area (Å²) in [5.74, 6) is -1.12. The fourth-order valence-corrected chi connectivity index (χ4v) is 3.58. The average Bonchev–Trinajstić information content (AvgIpc) is 3.21. The number of carbonyl (C=O) groups is 1. The Morgan fingerprint density at radius 2 is 1.44 bits per heavy atom. The Morgan fingerprint density at radius 3 is 2.12 bits per heavy atom. The molecule has 0 atom stereocenters. The van der Waals surface area contributed by atoms with E-state index in [9.17, 15) is 13.6 Å². The van der Waals surface area contributed by atoms with Crippen LogP contribution in [0.2, 0.25) is 0 Å². The molecule has 0 radical (unpaired) electrons. The topological polar surface area (TPSA) is 59.3 Å². The number of halogens is 2. The molecule has 32 heavy (non-hydrogen) atoms. The molecule has 0 fully saturated rings. The third kappa shape index (κ3) is 3.60. The normalized spacial score (nSPS) is 10.9. The number of rotatable bonds is 4. The van der Waals surface area contributed by atoms with Crippen LogP contribution in [-0.4, -0.2) is 20.5 Å². The highest BCUT2D eigenvalue weighted by Crippen LogP contribution is 2.35. The van der Waals surface area contributed by atoms with E-state index in [0.29, 0.717) is 28.2 Å². The van der Waals surface area contributed by atoms with Crippen LogP contribution in [0.4, 0.5) is 14.5 Å². The number of carbonyl (C=O) groups excluding carboxylic acids is 1. The summed E-state index contributed by atoms with van der Waals surface area (Å²) in [6.07, 6.45) is 3.36. The molecule has 0 aliphatic carbocycles. The van der Waals surface area contributed by atoms with Crippen LogP contribution < -0.4 is 5.32 Å². The van der Waals surface area contributed by atoms with Gasteiger partial charge in [-0.15, -0.1) is 0 Å². The highest BCUT2D eigenvalue weighted by atomic mass is 19.1. The van der Waals surface area contributed by atoms with Gasteiger partial charge < -0.3 is 5.32 Å². The number of anilines is 1. The van der Waals surface area contributed by atoms with Gasteiger partial charge in [0.1, 0.15) is 23.0 Å². The Labute approximate surface area is 182 Å². The number of hydrogen-bond acceptors (Lipinski definition) is 3. The predicted octanol–water partition coefficient (Wildman–Crippen LogP) is 5.59. The molecule has 5 aromatic rings. The van der Waals surface area contributed by atoms with Crippen molar-refractivity contribution in [3.63, 3.8) is 0 Å². The number of fused-ring (bicyclic) bond motifs is 1. The molecule has 3 aromatic heterocycles. The lowest BCUT2D eigenvalue weighted by Crippen LogP contribution is -2.16. The maximum Gasteiger partial charge on any atom is 0.274 e. The first kappa shape index (κ1) is 19.6. The van der Waals surface area contributed by atoms with Crippen LogP contribution in [0.15, 0.2) is 91.3 Å². The van der Waals surface area contributed by atoms with Crippen molar-refractivity contribution in [3.05, 3.63) is 109 Å². The molecule has 0 aliphatic heterocycles. The molecule has 2 aromatic carbocycles. The van der Waals surface area contributed by atoms with Crippen molar-refractivity contribution in [2.24, 2.45) is 0 Å². The lowest BCUT2D eigenvalue weighted by molar-refractivity contribution is 0.102. The van der Waals surface area contributed by atoms with E-state index in [1.54, 1.807) is 41.2 Å². The number of nitrogens with one attached hydrogen (secondary N) is 1. The molecule has 156 valence electrons. The summed E-state index contributed by atoms with van der Waals surface area (Å²) in [7, 11) is 0. The first-order chi connectivity index (χ1) is 15.6. The summed E-state index contributed by atoms with van der Waals surface area (Å²) in [6, 6.07) is 20.6. The van der Waals surface area contributed by atoms with Crippen molar-refractivity contribution in [3.8, 4) is 22.4 Å². The highest BCUT2D eigenvalue weighted by molar-refractivity contribution is 6.04. The highest BCUT2D eigenvalue weighted by Gasteiger charge is 2.20. The monoisotopic (exact) mass is 426 g/mol. The summed E-state index contributed by atoms with van der Waals surface area (Å²) >= 11 is 0. The van der Waals surface area contributed by atoms with Crippen LogP contribution in [-0.2, 0) is 0 Å². The van der Waals surface area contributed by atoms with E-state index >= 15 is 0 Å². The van der Waals surface area contributed by atoms with E-state index in [0.717, 1.165) is 11.1 Å². The van der Waals surface area contributed by atoms with Crippen LogP contribution in [0.1, 0.15) is 10.5 Å². The van der Waals surface area contributed by atoms with E-state index in [2.05, 4.69) is 10.3 Å². The molecule has 1 amide bonds. The quantitative estimate of drug-likeness (QED) is 0.407. The molecule has 3 heterocycles. The molecule has 5 nitrogen and oxygen atoms in total. The van der Waals surface area contributed by atoms with Crippen molar-refractivity contribution in [2.75, 3.05) is 5.32 Å². The van der Waals surface area contributed by atoms with Gasteiger partial charge in [0.05, 0.1) is 5.52 Å². The Kier molecular flexibility index (Phi) is 4.91. The predicted molar refractivity (Wildman–Crippen MR) is 118 cm³/mol. The molecular weight excluding hydrogens is 410 g/mol. The Hall–Kier alpha value is -4.39. The fourth-order valence-electron chi connectivity index (χ4n) is 3.58. The van der Waals surface area contributed by atoms with Gasteiger partial charge in [-0.25, -0.2) is 13.3 Å². The van der Waals surface area contributed by atoms with Gasteiger partial charge >= 0.3 is 0 Å². The van der Waals surface area contributed by atoms with Crippen LogP contribution in [0.5, 0.6) is 0 Å². The van der Waals surface area contributed by atoms with Gasteiger partial charge in [0, 0.05) is 29.2 Å².